The number of nitrogens with zero attached hydrogens (tertiary/aromatic N) is 1. The smallest absolute Gasteiger partial charge is 0.143 e. The van der Waals surface area contributed by atoms with Gasteiger partial charge < -0.3 is 22.1 Å². The molecule has 0 aromatic heterocycles. The monoisotopic (exact) mass is 379 g/mol. The number of amidine groups is 1. The van der Waals surface area contributed by atoms with E-state index in [0.717, 1.165) is 18.5 Å². The van der Waals surface area contributed by atoms with Crippen molar-refractivity contribution in [1.29, 1.82) is 0 Å². The molecule has 0 saturated heterocycles. The summed E-state index contributed by atoms with van der Waals surface area (Å²) in [5, 5.41) is 6.95. The van der Waals surface area contributed by atoms with Crippen LogP contribution >= 0.6 is 11.6 Å². The lowest BCUT2D eigenvalue weighted by molar-refractivity contribution is 0.667. The van der Waals surface area contributed by atoms with E-state index in [1.54, 1.807) is 0 Å². The molecule has 1 rings (SSSR count). The number of anilines is 1. The van der Waals surface area contributed by atoms with Crippen LogP contribution in [0.4, 0.5) is 5.69 Å². The molecule has 0 aliphatic heterocycles. The van der Waals surface area contributed by atoms with Gasteiger partial charge in [-0.25, -0.2) is 4.99 Å². The van der Waals surface area contributed by atoms with Crippen molar-refractivity contribution in [3.8, 4) is 0 Å². The Morgan fingerprint density at radius 2 is 1.92 bits per heavy atom. The van der Waals surface area contributed by atoms with Gasteiger partial charge in [0.1, 0.15) is 12.0 Å². The Balaban J connectivity index is 2.59. The Kier molecular flexibility index (Phi) is 11.6. The molecule has 146 valence electrons. The van der Waals surface area contributed by atoms with Crippen molar-refractivity contribution in [2.45, 2.75) is 58.5 Å². The molecule has 0 radical (unpaired) electrons. The first kappa shape index (κ1) is 22.3. The quantitative estimate of drug-likeness (QED) is 0.251. The topological polar surface area (TPSA) is 88.5 Å². The molecular weight excluding hydrogens is 346 g/mol. The minimum absolute atomic E-state index is 0.139. The highest BCUT2D eigenvalue weighted by atomic mass is 35.5. The van der Waals surface area contributed by atoms with Crippen LogP contribution in [0.2, 0.25) is 0 Å². The summed E-state index contributed by atoms with van der Waals surface area (Å²) in [7, 11) is 0. The number of halogens is 1. The lowest BCUT2D eigenvalue weighted by Crippen LogP contribution is -2.29. The predicted octanol–water partition coefficient (Wildman–Crippen LogP) is 3.94. The van der Waals surface area contributed by atoms with E-state index in [1.165, 1.54) is 37.4 Å². The number of benzene rings is 1. The standard InChI is InChI=1S/C20H34ClN5/c1-3-4-5-6-8-17-9-11-18(12-10-17)25-16(2)26-20(19(21)15-23)24-14-7-13-22/h9-12,15-16,25H,3-8,13-14,22-23H2,1-2H3,(H,24,26)/b19-15+. The fourth-order valence-corrected chi connectivity index (χ4v) is 2.69. The number of aryl methyl sites for hydroxylation is 1. The Labute approximate surface area is 163 Å². The van der Waals surface area contributed by atoms with E-state index in [1.807, 2.05) is 6.92 Å². The summed E-state index contributed by atoms with van der Waals surface area (Å²) >= 11 is 6.13. The molecule has 0 aliphatic carbocycles. The Morgan fingerprint density at radius 1 is 1.19 bits per heavy atom. The van der Waals surface area contributed by atoms with E-state index >= 15 is 0 Å². The molecule has 6 N–H and O–H groups in total. The molecule has 1 unspecified atom stereocenters. The average molecular weight is 380 g/mol. The SMILES string of the molecule is CCCCCCc1ccc(NC(C)/N=C(NCCCN)\C(Cl)=C/N)cc1. The van der Waals surface area contributed by atoms with Gasteiger partial charge in [0.15, 0.2) is 0 Å². The number of nitrogens with two attached hydrogens (primary N) is 2. The van der Waals surface area contributed by atoms with Crippen molar-refractivity contribution in [3.05, 3.63) is 41.1 Å². The van der Waals surface area contributed by atoms with Crippen LogP contribution < -0.4 is 22.1 Å². The van der Waals surface area contributed by atoms with Crippen molar-refractivity contribution in [2.24, 2.45) is 16.5 Å². The molecule has 1 aromatic rings. The molecule has 6 heteroatoms. The number of unbranched alkanes of at least 4 members (excludes halogenated alkanes) is 3. The number of rotatable bonds is 12. The van der Waals surface area contributed by atoms with Crippen LogP contribution in [-0.4, -0.2) is 25.1 Å². The Bertz CT molecular complexity index is 554. The van der Waals surface area contributed by atoms with Gasteiger partial charge in [0.05, 0.1) is 5.03 Å². The highest BCUT2D eigenvalue weighted by Crippen LogP contribution is 2.14. The molecule has 0 saturated carbocycles. The summed E-state index contributed by atoms with van der Waals surface area (Å²) in [6, 6.07) is 8.56. The molecule has 0 bridgehead atoms. The molecule has 1 atom stereocenters. The molecule has 26 heavy (non-hydrogen) atoms. The number of nitrogens with one attached hydrogen (secondary N) is 2. The van der Waals surface area contributed by atoms with E-state index < -0.39 is 0 Å². The summed E-state index contributed by atoms with van der Waals surface area (Å²) in [6.45, 7) is 5.53. The van der Waals surface area contributed by atoms with Crippen molar-refractivity contribution >= 4 is 23.1 Å². The normalized spacial score (nSPS) is 13.5. The van der Waals surface area contributed by atoms with Gasteiger partial charge in [-0.05, 0) is 50.4 Å². The molecular formula is C20H34ClN5. The first-order valence-corrected chi connectivity index (χ1v) is 9.93. The second-order valence-corrected chi connectivity index (χ2v) is 6.80. The zero-order valence-electron chi connectivity index (χ0n) is 16.1. The summed E-state index contributed by atoms with van der Waals surface area (Å²) in [5.74, 6) is 0.579. The van der Waals surface area contributed by atoms with Gasteiger partial charge in [-0.3, -0.25) is 0 Å². The van der Waals surface area contributed by atoms with Crippen molar-refractivity contribution in [2.75, 3.05) is 18.4 Å². The summed E-state index contributed by atoms with van der Waals surface area (Å²) in [4.78, 5) is 4.58. The fraction of sp³-hybridized carbons (Fsp3) is 0.550. The third-order valence-electron chi connectivity index (χ3n) is 4.02. The maximum absolute atomic E-state index is 6.13. The van der Waals surface area contributed by atoms with Gasteiger partial charge in [0, 0.05) is 18.4 Å². The van der Waals surface area contributed by atoms with Crippen molar-refractivity contribution < 1.29 is 0 Å². The molecule has 0 spiro atoms. The van der Waals surface area contributed by atoms with Gasteiger partial charge in [0.2, 0.25) is 0 Å². The van der Waals surface area contributed by atoms with Gasteiger partial charge in [-0.15, -0.1) is 0 Å². The van der Waals surface area contributed by atoms with Crippen molar-refractivity contribution in [1.82, 2.24) is 5.32 Å². The Morgan fingerprint density at radius 3 is 2.54 bits per heavy atom. The molecule has 0 amide bonds. The van der Waals surface area contributed by atoms with E-state index in [0.29, 0.717) is 24.0 Å². The molecule has 0 fully saturated rings. The van der Waals surface area contributed by atoms with Crippen LogP contribution in [0.5, 0.6) is 0 Å². The zero-order valence-corrected chi connectivity index (χ0v) is 16.9. The average Bonchev–Trinajstić information content (AvgIpc) is 2.65. The van der Waals surface area contributed by atoms with E-state index in [9.17, 15) is 0 Å². The van der Waals surface area contributed by atoms with Crippen LogP contribution in [0.3, 0.4) is 0 Å². The largest absolute Gasteiger partial charge is 0.403 e. The van der Waals surface area contributed by atoms with Gasteiger partial charge in [-0.2, -0.15) is 0 Å². The first-order chi connectivity index (χ1) is 12.6. The second-order valence-electron chi connectivity index (χ2n) is 6.39. The molecule has 5 nitrogen and oxygen atoms in total. The fourth-order valence-electron chi connectivity index (χ4n) is 2.57. The second kappa shape index (κ2) is 13.5. The van der Waals surface area contributed by atoms with Crippen LogP contribution in [0.1, 0.15) is 51.5 Å². The number of hydrogen-bond donors (Lipinski definition) is 4. The van der Waals surface area contributed by atoms with Crippen LogP contribution in [-0.2, 0) is 6.42 Å². The zero-order chi connectivity index (χ0) is 19.2. The van der Waals surface area contributed by atoms with Crippen LogP contribution in [0.25, 0.3) is 0 Å². The predicted molar refractivity (Wildman–Crippen MR) is 115 cm³/mol. The van der Waals surface area contributed by atoms with Crippen molar-refractivity contribution in [3.63, 3.8) is 0 Å². The van der Waals surface area contributed by atoms with Crippen LogP contribution in [0, 0.1) is 0 Å². The highest BCUT2D eigenvalue weighted by Gasteiger charge is 2.07. The van der Waals surface area contributed by atoms with Gasteiger partial charge >= 0.3 is 0 Å². The maximum atomic E-state index is 6.13. The number of aliphatic imine (C=N–C) groups is 1. The Hall–Kier alpha value is -1.72. The van der Waals surface area contributed by atoms with Gasteiger partial charge in [-0.1, -0.05) is 49.9 Å². The van der Waals surface area contributed by atoms with E-state index in [4.69, 9.17) is 23.1 Å². The highest BCUT2D eigenvalue weighted by molar-refractivity contribution is 6.43. The third-order valence-corrected chi connectivity index (χ3v) is 4.32. The van der Waals surface area contributed by atoms with Crippen LogP contribution in [0.15, 0.2) is 40.5 Å². The lowest BCUT2D eigenvalue weighted by atomic mass is 10.1. The van der Waals surface area contributed by atoms with Gasteiger partial charge in [0.25, 0.3) is 0 Å². The third kappa shape index (κ3) is 9.11. The maximum Gasteiger partial charge on any atom is 0.143 e. The molecule has 0 aliphatic rings. The molecule has 1 aromatic carbocycles. The summed E-state index contributed by atoms with van der Waals surface area (Å²) in [5.41, 5.74) is 13.5. The molecule has 0 heterocycles. The van der Waals surface area contributed by atoms with E-state index in [-0.39, 0.29) is 6.17 Å². The first-order valence-electron chi connectivity index (χ1n) is 9.55. The minimum Gasteiger partial charge on any atom is -0.403 e. The number of hydrogen-bond acceptors (Lipinski definition) is 4. The summed E-state index contributed by atoms with van der Waals surface area (Å²) < 4.78 is 0. The van der Waals surface area contributed by atoms with E-state index in [2.05, 4.69) is 46.8 Å². The summed E-state index contributed by atoms with van der Waals surface area (Å²) in [6.07, 6.45) is 8.33. The minimum atomic E-state index is -0.139. The lowest BCUT2D eigenvalue weighted by Gasteiger charge is -2.15.